The molecule has 0 spiro atoms. The summed E-state index contributed by atoms with van der Waals surface area (Å²) in [5.74, 6) is -2.29. The van der Waals surface area contributed by atoms with Gasteiger partial charge in [0.15, 0.2) is 5.76 Å². The number of aliphatic hydroxyl groups is 1. The van der Waals surface area contributed by atoms with Crippen molar-refractivity contribution < 1.29 is 33.0 Å². The van der Waals surface area contributed by atoms with Crippen molar-refractivity contribution >= 4 is 5.97 Å². The van der Waals surface area contributed by atoms with Crippen molar-refractivity contribution in [1.29, 1.82) is 0 Å². The second-order valence-corrected chi connectivity index (χ2v) is 6.22. The van der Waals surface area contributed by atoms with Gasteiger partial charge < -0.3 is 23.8 Å². The number of hydrogen-bond acceptors (Lipinski definition) is 7. The third-order valence-corrected chi connectivity index (χ3v) is 4.25. The van der Waals surface area contributed by atoms with E-state index in [0.717, 1.165) is 6.07 Å². The molecule has 1 aromatic carbocycles. The van der Waals surface area contributed by atoms with E-state index in [1.807, 2.05) is 0 Å². The number of halogens is 1. The van der Waals surface area contributed by atoms with Crippen LogP contribution >= 0.6 is 0 Å². The number of aromatic hydroxyl groups is 1. The molecule has 2 aromatic heterocycles. The summed E-state index contributed by atoms with van der Waals surface area (Å²) in [4.78, 5) is 24.1. The smallest absolute Gasteiger partial charge is 0.306 e. The number of esters is 1. The average molecular weight is 402 g/mol. The lowest BCUT2D eigenvalue weighted by Crippen LogP contribution is -2.14. The lowest BCUT2D eigenvalue weighted by atomic mass is 9.98. The van der Waals surface area contributed by atoms with Gasteiger partial charge in [-0.05, 0) is 43.3 Å². The van der Waals surface area contributed by atoms with E-state index in [0.29, 0.717) is 11.3 Å². The highest BCUT2D eigenvalue weighted by Crippen LogP contribution is 2.36. The van der Waals surface area contributed by atoms with Crippen LogP contribution in [0.4, 0.5) is 4.39 Å². The molecule has 0 amide bonds. The summed E-state index contributed by atoms with van der Waals surface area (Å²) < 4.78 is 29.4. The van der Waals surface area contributed by atoms with E-state index >= 15 is 0 Å². The predicted molar refractivity (Wildman–Crippen MR) is 99.8 cm³/mol. The number of benzene rings is 1. The fourth-order valence-electron chi connectivity index (χ4n) is 2.89. The predicted octanol–water partition coefficient (Wildman–Crippen LogP) is 3.32. The van der Waals surface area contributed by atoms with Crippen LogP contribution in [0.1, 0.15) is 36.5 Å². The maximum Gasteiger partial charge on any atom is 0.306 e. The fourth-order valence-corrected chi connectivity index (χ4v) is 2.89. The van der Waals surface area contributed by atoms with Crippen molar-refractivity contribution in [2.45, 2.75) is 25.9 Å². The molecule has 7 nitrogen and oxygen atoms in total. The Balaban J connectivity index is 2.05. The van der Waals surface area contributed by atoms with Crippen molar-refractivity contribution in [3.8, 4) is 17.1 Å². The van der Waals surface area contributed by atoms with Crippen LogP contribution in [0.15, 0.2) is 56.1 Å². The first kappa shape index (κ1) is 20.3. The first-order valence-corrected chi connectivity index (χ1v) is 8.91. The van der Waals surface area contributed by atoms with Gasteiger partial charge in [-0.1, -0.05) is 0 Å². The van der Waals surface area contributed by atoms with Gasteiger partial charge in [0.2, 0.25) is 11.2 Å². The van der Waals surface area contributed by atoms with Crippen LogP contribution in [0.5, 0.6) is 5.75 Å². The molecule has 8 heteroatoms. The summed E-state index contributed by atoms with van der Waals surface area (Å²) in [5.41, 5.74) is -0.156. The highest BCUT2D eigenvalue weighted by atomic mass is 19.1. The zero-order valence-corrected chi connectivity index (χ0v) is 15.6. The minimum atomic E-state index is -0.970. The summed E-state index contributed by atoms with van der Waals surface area (Å²) in [6, 6.07) is 9.77. The number of carbonyl (C=O) groups is 1. The first-order chi connectivity index (χ1) is 13.9. The number of ether oxygens (including phenoxy) is 1. The highest BCUT2D eigenvalue weighted by Gasteiger charge is 2.29. The molecule has 152 valence electrons. The van der Waals surface area contributed by atoms with Crippen molar-refractivity contribution in [3.63, 3.8) is 0 Å². The van der Waals surface area contributed by atoms with Crippen LogP contribution in [0.25, 0.3) is 11.3 Å². The Morgan fingerprint density at radius 1 is 1.17 bits per heavy atom. The molecule has 3 rings (SSSR count). The number of aliphatic hydroxyl groups excluding tert-OH is 1. The van der Waals surface area contributed by atoms with E-state index in [1.54, 1.807) is 19.1 Å². The maximum absolute atomic E-state index is 13.2. The zero-order chi connectivity index (χ0) is 21.0. The van der Waals surface area contributed by atoms with Crippen LogP contribution in [0, 0.1) is 5.82 Å². The van der Waals surface area contributed by atoms with Crippen LogP contribution in [0.2, 0.25) is 0 Å². The molecule has 0 unspecified atom stereocenters. The van der Waals surface area contributed by atoms with Crippen LogP contribution in [-0.4, -0.2) is 22.8 Å². The van der Waals surface area contributed by atoms with Gasteiger partial charge in [0.05, 0.1) is 18.9 Å². The first-order valence-electron chi connectivity index (χ1n) is 8.91. The average Bonchev–Trinajstić information content (AvgIpc) is 3.19. The normalized spacial score (nSPS) is 12.0. The third kappa shape index (κ3) is 4.55. The second-order valence-electron chi connectivity index (χ2n) is 6.22. The minimum absolute atomic E-state index is 0.0676. The number of hydrogen-bond donors (Lipinski definition) is 2. The topological polar surface area (TPSA) is 110 Å². The van der Waals surface area contributed by atoms with Gasteiger partial charge in [0, 0.05) is 11.6 Å². The van der Waals surface area contributed by atoms with Gasteiger partial charge in [0.25, 0.3) is 0 Å². The largest absolute Gasteiger partial charge is 0.502 e. The molecule has 3 aromatic rings. The van der Waals surface area contributed by atoms with Gasteiger partial charge in [-0.25, -0.2) is 4.39 Å². The monoisotopic (exact) mass is 402 g/mol. The number of rotatable bonds is 7. The molecular weight excluding hydrogens is 383 g/mol. The fraction of sp³-hybridized carbons (Fsp3) is 0.238. The number of furan rings is 1. The quantitative estimate of drug-likeness (QED) is 0.583. The molecule has 29 heavy (non-hydrogen) atoms. The maximum atomic E-state index is 13.2. The Bertz CT molecular complexity index is 1050. The van der Waals surface area contributed by atoms with Gasteiger partial charge in [-0.2, -0.15) is 0 Å². The molecule has 2 N–H and O–H groups in total. The van der Waals surface area contributed by atoms with E-state index < -0.39 is 35.5 Å². The standard InChI is InChI=1S/C21H19FO7/c1-2-27-19(25)10-15(21-20(26)16(24)9-14(11-23)28-21)18-8-7-17(29-18)12-3-5-13(22)6-4-12/h3-9,15,23,26H,2,10-11H2,1H3/t15-/m1/s1. The lowest BCUT2D eigenvalue weighted by Gasteiger charge is -2.15. The Labute approximate surface area is 165 Å². The molecule has 0 fully saturated rings. The van der Waals surface area contributed by atoms with E-state index in [1.165, 1.54) is 24.3 Å². The van der Waals surface area contributed by atoms with Crippen molar-refractivity contribution in [2.75, 3.05) is 6.61 Å². The molecule has 0 aliphatic heterocycles. The second kappa shape index (κ2) is 8.74. The van der Waals surface area contributed by atoms with E-state index in [2.05, 4.69) is 0 Å². The van der Waals surface area contributed by atoms with Gasteiger partial charge >= 0.3 is 5.97 Å². The van der Waals surface area contributed by atoms with E-state index in [4.69, 9.17) is 13.6 Å². The third-order valence-electron chi connectivity index (χ3n) is 4.25. The van der Waals surface area contributed by atoms with E-state index in [-0.39, 0.29) is 30.3 Å². The molecule has 2 heterocycles. The minimum Gasteiger partial charge on any atom is -0.502 e. The summed E-state index contributed by atoms with van der Waals surface area (Å²) in [6.45, 7) is 1.24. The molecule has 1 atom stereocenters. The Morgan fingerprint density at radius 3 is 2.55 bits per heavy atom. The molecular formula is C21H19FO7. The molecule has 0 saturated heterocycles. The summed E-state index contributed by atoms with van der Waals surface area (Å²) in [5, 5.41) is 19.5. The molecule has 0 bridgehead atoms. The lowest BCUT2D eigenvalue weighted by molar-refractivity contribution is -0.143. The molecule has 0 aliphatic carbocycles. The van der Waals surface area contributed by atoms with Crippen molar-refractivity contribution in [1.82, 2.24) is 0 Å². The Morgan fingerprint density at radius 2 is 1.90 bits per heavy atom. The number of carbonyl (C=O) groups excluding carboxylic acids is 1. The van der Waals surface area contributed by atoms with Crippen LogP contribution in [-0.2, 0) is 16.1 Å². The van der Waals surface area contributed by atoms with Crippen molar-refractivity contribution in [2.24, 2.45) is 0 Å². The van der Waals surface area contributed by atoms with Gasteiger partial charge in [0.1, 0.15) is 29.7 Å². The Hall–Kier alpha value is -3.39. The van der Waals surface area contributed by atoms with Crippen LogP contribution < -0.4 is 5.43 Å². The molecule has 0 aliphatic rings. The highest BCUT2D eigenvalue weighted by molar-refractivity contribution is 5.71. The van der Waals surface area contributed by atoms with Crippen LogP contribution in [0.3, 0.4) is 0 Å². The zero-order valence-electron chi connectivity index (χ0n) is 15.6. The molecule has 0 saturated carbocycles. The van der Waals surface area contributed by atoms with Gasteiger partial charge in [-0.3, -0.25) is 9.59 Å². The van der Waals surface area contributed by atoms with Crippen molar-refractivity contribution in [3.05, 3.63) is 75.8 Å². The SMILES string of the molecule is CCOC(=O)C[C@H](c1ccc(-c2ccc(F)cc2)o1)c1oc(CO)cc(=O)c1O. The van der Waals surface area contributed by atoms with E-state index in [9.17, 15) is 24.2 Å². The molecule has 0 radical (unpaired) electrons. The summed E-state index contributed by atoms with van der Waals surface area (Å²) in [6.07, 6.45) is -0.268. The summed E-state index contributed by atoms with van der Waals surface area (Å²) in [7, 11) is 0. The van der Waals surface area contributed by atoms with Gasteiger partial charge in [-0.15, -0.1) is 0 Å². The summed E-state index contributed by atoms with van der Waals surface area (Å²) >= 11 is 0. The Kier molecular flexibility index (Phi) is 6.13.